The molecular weight excluding hydrogens is 384 g/mol. The first-order chi connectivity index (χ1) is 13.8. The Morgan fingerprint density at radius 3 is 1.96 bits per heavy atom. The maximum Gasteiger partial charge on any atom is 0.224 e. The minimum Gasteiger partial charge on any atom is -0.217 e. The molecule has 2 heterocycles. The van der Waals surface area contributed by atoms with Gasteiger partial charge in [0.1, 0.15) is 4.83 Å². The van der Waals surface area contributed by atoms with E-state index in [9.17, 15) is 0 Å². The van der Waals surface area contributed by atoms with Crippen LogP contribution in [-0.2, 0) is 0 Å². The maximum absolute atomic E-state index is 6.32. The number of hydrogen-bond acceptors (Lipinski definition) is 3. The Morgan fingerprint density at radius 1 is 0.607 bits per heavy atom. The summed E-state index contributed by atoms with van der Waals surface area (Å²) >= 11 is 8.02. The van der Waals surface area contributed by atoms with E-state index in [1.165, 1.54) is 31.6 Å². The van der Waals surface area contributed by atoms with Crippen molar-refractivity contribution in [2.45, 2.75) is 0 Å². The second-order valence-corrected chi connectivity index (χ2v) is 8.12. The fourth-order valence-corrected chi connectivity index (χ4v) is 5.53. The zero-order valence-electron chi connectivity index (χ0n) is 14.7. The number of fused-ring (bicyclic) bond motifs is 8. The summed E-state index contributed by atoms with van der Waals surface area (Å²) in [5.41, 5.74) is 1.94. The van der Waals surface area contributed by atoms with Crippen LogP contribution >= 0.6 is 22.9 Å². The molecule has 132 valence electrons. The zero-order valence-corrected chi connectivity index (χ0v) is 16.3. The van der Waals surface area contributed by atoms with Gasteiger partial charge in [0, 0.05) is 26.4 Å². The molecule has 2 aromatic heterocycles. The number of rotatable bonds is 1. The second kappa shape index (κ2) is 5.99. The van der Waals surface area contributed by atoms with Gasteiger partial charge in [-0.2, -0.15) is 0 Å². The molecule has 0 saturated heterocycles. The Kier molecular flexibility index (Phi) is 3.42. The number of hydrogen-bond donors (Lipinski definition) is 0. The van der Waals surface area contributed by atoms with Crippen molar-refractivity contribution in [3.05, 3.63) is 84.1 Å². The predicted octanol–water partition coefficient (Wildman–Crippen LogP) is 7.47. The molecule has 6 rings (SSSR count). The van der Waals surface area contributed by atoms with Crippen molar-refractivity contribution < 1.29 is 0 Å². The molecular formula is C24H13ClN2S. The standard InChI is InChI=1S/C24H13ClN2S/c25-24-26-21(14-8-2-1-3-9-14)20-19-17-12-6-4-10-15(17)16-11-5-7-13-18(16)22(19)28-23(20)27-24/h1-13H. The van der Waals surface area contributed by atoms with Gasteiger partial charge in [-0.15, -0.1) is 11.3 Å². The summed E-state index contributed by atoms with van der Waals surface area (Å²) in [7, 11) is 0. The molecule has 0 aliphatic carbocycles. The first-order valence-corrected chi connectivity index (χ1v) is 10.3. The third kappa shape index (κ3) is 2.21. The summed E-state index contributed by atoms with van der Waals surface area (Å²) in [6.07, 6.45) is 0. The zero-order chi connectivity index (χ0) is 18.7. The van der Waals surface area contributed by atoms with Crippen LogP contribution in [0.4, 0.5) is 0 Å². The van der Waals surface area contributed by atoms with Crippen LogP contribution in [0, 0.1) is 0 Å². The molecule has 0 radical (unpaired) electrons. The van der Waals surface area contributed by atoms with Gasteiger partial charge in [0.2, 0.25) is 5.28 Å². The van der Waals surface area contributed by atoms with Crippen LogP contribution in [0.2, 0.25) is 5.28 Å². The topological polar surface area (TPSA) is 25.8 Å². The Balaban J connectivity index is 1.94. The van der Waals surface area contributed by atoms with E-state index in [1.807, 2.05) is 18.2 Å². The third-order valence-electron chi connectivity index (χ3n) is 5.23. The van der Waals surface area contributed by atoms with Crippen LogP contribution in [0.15, 0.2) is 78.9 Å². The summed E-state index contributed by atoms with van der Waals surface area (Å²) in [5.74, 6) is 0. The summed E-state index contributed by atoms with van der Waals surface area (Å²) in [6, 6.07) is 27.4. The van der Waals surface area contributed by atoms with Gasteiger partial charge in [0.05, 0.1) is 5.69 Å². The van der Waals surface area contributed by atoms with E-state index in [2.05, 4.69) is 70.6 Å². The second-order valence-electron chi connectivity index (χ2n) is 6.78. The first kappa shape index (κ1) is 16.0. The van der Waals surface area contributed by atoms with Gasteiger partial charge >= 0.3 is 0 Å². The van der Waals surface area contributed by atoms with E-state index in [1.54, 1.807) is 11.3 Å². The average molecular weight is 397 g/mol. The molecule has 0 N–H and O–H groups in total. The molecule has 4 aromatic carbocycles. The summed E-state index contributed by atoms with van der Waals surface area (Å²) in [5, 5.41) is 7.56. The highest BCUT2D eigenvalue weighted by molar-refractivity contribution is 7.26. The fourth-order valence-electron chi connectivity index (χ4n) is 4.08. The lowest BCUT2D eigenvalue weighted by molar-refractivity contribution is 1.24. The van der Waals surface area contributed by atoms with Crippen LogP contribution < -0.4 is 0 Å². The first-order valence-electron chi connectivity index (χ1n) is 9.06. The highest BCUT2D eigenvalue weighted by Gasteiger charge is 2.19. The summed E-state index contributed by atoms with van der Waals surface area (Å²) in [4.78, 5) is 10.2. The van der Waals surface area contributed by atoms with Gasteiger partial charge in [-0.25, -0.2) is 9.97 Å². The molecule has 2 nitrogen and oxygen atoms in total. The van der Waals surface area contributed by atoms with E-state index >= 15 is 0 Å². The molecule has 0 aliphatic rings. The van der Waals surface area contributed by atoms with Crippen LogP contribution in [0.1, 0.15) is 0 Å². The molecule has 4 heteroatoms. The lowest BCUT2D eigenvalue weighted by atomic mass is 9.96. The largest absolute Gasteiger partial charge is 0.224 e. The average Bonchev–Trinajstić information content (AvgIpc) is 3.13. The molecule has 0 aliphatic heterocycles. The summed E-state index contributed by atoms with van der Waals surface area (Å²) in [6.45, 7) is 0. The predicted molar refractivity (Wildman–Crippen MR) is 120 cm³/mol. The van der Waals surface area contributed by atoms with Crippen LogP contribution in [0.25, 0.3) is 53.1 Å². The molecule has 28 heavy (non-hydrogen) atoms. The van der Waals surface area contributed by atoms with Crippen molar-refractivity contribution in [2.75, 3.05) is 0 Å². The molecule has 0 spiro atoms. The van der Waals surface area contributed by atoms with Crippen molar-refractivity contribution >= 4 is 64.8 Å². The van der Waals surface area contributed by atoms with Gasteiger partial charge in [-0.1, -0.05) is 78.9 Å². The van der Waals surface area contributed by atoms with Crippen LogP contribution in [0.5, 0.6) is 0 Å². The van der Waals surface area contributed by atoms with E-state index in [0.717, 1.165) is 21.5 Å². The Morgan fingerprint density at radius 2 is 1.21 bits per heavy atom. The van der Waals surface area contributed by atoms with Gasteiger partial charge in [0.25, 0.3) is 0 Å². The van der Waals surface area contributed by atoms with Crippen molar-refractivity contribution in [3.8, 4) is 11.3 Å². The SMILES string of the molecule is Clc1nc(-c2ccccc2)c2c(n1)sc1c3ccccc3c3ccccc3c12. The number of aromatic nitrogens is 2. The fraction of sp³-hybridized carbons (Fsp3) is 0. The number of benzene rings is 4. The van der Waals surface area contributed by atoms with Gasteiger partial charge < -0.3 is 0 Å². The van der Waals surface area contributed by atoms with E-state index in [-0.39, 0.29) is 5.28 Å². The minimum atomic E-state index is 0.284. The van der Waals surface area contributed by atoms with Crippen molar-refractivity contribution in [1.29, 1.82) is 0 Å². The molecule has 0 fully saturated rings. The van der Waals surface area contributed by atoms with Crippen molar-refractivity contribution in [1.82, 2.24) is 9.97 Å². The smallest absolute Gasteiger partial charge is 0.217 e. The molecule has 0 bridgehead atoms. The maximum atomic E-state index is 6.32. The number of nitrogens with zero attached hydrogens (tertiary/aromatic N) is 2. The van der Waals surface area contributed by atoms with Crippen molar-refractivity contribution in [2.24, 2.45) is 0 Å². The Bertz CT molecular complexity index is 1520. The molecule has 0 unspecified atom stereocenters. The number of halogens is 1. The number of thiophene rings is 1. The third-order valence-corrected chi connectivity index (χ3v) is 6.52. The lowest BCUT2D eigenvalue weighted by Crippen LogP contribution is -1.89. The van der Waals surface area contributed by atoms with E-state index in [0.29, 0.717) is 0 Å². The van der Waals surface area contributed by atoms with E-state index < -0.39 is 0 Å². The van der Waals surface area contributed by atoms with Gasteiger partial charge in [0.15, 0.2) is 0 Å². The van der Waals surface area contributed by atoms with E-state index in [4.69, 9.17) is 11.6 Å². The molecule has 0 saturated carbocycles. The Labute approximate surface area is 170 Å². The van der Waals surface area contributed by atoms with Gasteiger partial charge in [-0.05, 0) is 27.8 Å². The molecule has 0 atom stereocenters. The normalized spacial score (nSPS) is 11.8. The lowest BCUT2D eigenvalue weighted by Gasteiger charge is -2.08. The quantitative estimate of drug-likeness (QED) is 0.213. The molecule has 6 aromatic rings. The minimum absolute atomic E-state index is 0.284. The summed E-state index contributed by atoms with van der Waals surface area (Å²) < 4.78 is 1.23. The van der Waals surface area contributed by atoms with Crippen LogP contribution in [-0.4, -0.2) is 9.97 Å². The Hall–Kier alpha value is -3.01. The van der Waals surface area contributed by atoms with Crippen molar-refractivity contribution in [3.63, 3.8) is 0 Å². The highest BCUT2D eigenvalue weighted by Crippen LogP contribution is 2.45. The highest BCUT2D eigenvalue weighted by atomic mass is 35.5. The monoisotopic (exact) mass is 396 g/mol. The van der Waals surface area contributed by atoms with Crippen LogP contribution in [0.3, 0.4) is 0 Å². The van der Waals surface area contributed by atoms with Gasteiger partial charge in [-0.3, -0.25) is 0 Å². The molecule has 0 amide bonds.